The van der Waals surface area contributed by atoms with Gasteiger partial charge in [0.25, 0.3) is 5.91 Å². The molecule has 0 radical (unpaired) electrons. The lowest BCUT2D eigenvalue weighted by molar-refractivity contribution is -0.124. The zero-order valence-corrected chi connectivity index (χ0v) is 17.3. The smallest absolute Gasteiger partial charge is 0.258 e. The second kappa shape index (κ2) is 8.32. The van der Waals surface area contributed by atoms with Crippen molar-refractivity contribution in [3.63, 3.8) is 0 Å². The summed E-state index contributed by atoms with van der Waals surface area (Å²) in [7, 11) is -0.519. The largest absolute Gasteiger partial charge is 0.484 e. The molecule has 150 valence electrons. The van der Waals surface area contributed by atoms with Gasteiger partial charge in [-0.25, -0.2) is 12.7 Å². The normalized spacial score (nSPS) is 16.5. The van der Waals surface area contributed by atoms with Crippen LogP contribution in [0.4, 0.5) is 0 Å². The first-order valence-corrected chi connectivity index (χ1v) is 10.8. The Morgan fingerprint density at radius 2 is 1.96 bits per heavy atom. The monoisotopic (exact) mass is 402 g/mol. The first-order valence-electron chi connectivity index (χ1n) is 9.32. The molecule has 0 saturated carbocycles. The molecular weight excluding hydrogens is 376 g/mol. The van der Waals surface area contributed by atoms with E-state index >= 15 is 0 Å². The third kappa shape index (κ3) is 4.36. The second-order valence-corrected chi connectivity index (χ2v) is 9.37. The van der Waals surface area contributed by atoms with Crippen LogP contribution in [-0.2, 0) is 21.2 Å². The SMILES string of the molecule is Cc1cc(S(=O)(=O)N(C)C)ccc1OCC(=O)N[C@H]1CCCc2ccccc21. The maximum absolute atomic E-state index is 12.4. The van der Waals surface area contributed by atoms with E-state index in [2.05, 4.69) is 17.4 Å². The number of carbonyl (C=O) groups is 1. The Kier molecular flexibility index (Phi) is 6.05. The summed E-state index contributed by atoms with van der Waals surface area (Å²) in [5, 5.41) is 3.05. The highest BCUT2D eigenvalue weighted by atomic mass is 32.2. The summed E-state index contributed by atoms with van der Waals surface area (Å²) in [5.41, 5.74) is 3.13. The van der Waals surface area contributed by atoms with Gasteiger partial charge < -0.3 is 10.1 Å². The zero-order valence-electron chi connectivity index (χ0n) is 16.4. The second-order valence-electron chi connectivity index (χ2n) is 7.21. The number of fused-ring (bicyclic) bond motifs is 1. The lowest BCUT2D eigenvalue weighted by Crippen LogP contribution is -2.34. The summed E-state index contributed by atoms with van der Waals surface area (Å²) < 4.78 is 31.2. The fourth-order valence-electron chi connectivity index (χ4n) is 3.44. The minimum atomic E-state index is -3.50. The van der Waals surface area contributed by atoms with Crippen LogP contribution in [0, 0.1) is 6.92 Å². The Morgan fingerprint density at radius 1 is 1.21 bits per heavy atom. The van der Waals surface area contributed by atoms with Crippen LogP contribution in [0.5, 0.6) is 5.75 Å². The summed E-state index contributed by atoms with van der Waals surface area (Å²) in [6, 6.07) is 12.8. The van der Waals surface area contributed by atoms with E-state index in [-0.39, 0.29) is 23.5 Å². The van der Waals surface area contributed by atoms with Crippen LogP contribution >= 0.6 is 0 Å². The van der Waals surface area contributed by atoms with Gasteiger partial charge in [-0.3, -0.25) is 4.79 Å². The minimum Gasteiger partial charge on any atom is -0.484 e. The third-order valence-corrected chi connectivity index (χ3v) is 6.80. The summed E-state index contributed by atoms with van der Waals surface area (Å²) >= 11 is 0. The Hall–Kier alpha value is -2.38. The van der Waals surface area contributed by atoms with Gasteiger partial charge in [-0.05, 0) is 61.1 Å². The molecular formula is C21H26N2O4S. The number of carbonyl (C=O) groups excluding carboxylic acids is 1. The maximum atomic E-state index is 12.4. The summed E-state index contributed by atoms with van der Waals surface area (Å²) in [6.07, 6.45) is 3.00. The molecule has 1 amide bonds. The van der Waals surface area contributed by atoms with Crippen molar-refractivity contribution in [1.82, 2.24) is 9.62 Å². The zero-order chi connectivity index (χ0) is 20.3. The number of rotatable bonds is 6. The molecule has 1 N–H and O–H groups in total. The van der Waals surface area contributed by atoms with Gasteiger partial charge in [0.1, 0.15) is 5.75 Å². The third-order valence-electron chi connectivity index (χ3n) is 4.99. The molecule has 2 aromatic rings. The molecule has 1 aliphatic rings. The fraction of sp³-hybridized carbons (Fsp3) is 0.381. The molecule has 2 aromatic carbocycles. The Bertz CT molecular complexity index is 970. The first kappa shape index (κ1) is 20.4. The van der Waals surface area contributed by atoms with Crippen molar-refractivity contribution in [3.8, 4) is 5.75 Å². The van der Waals surface area contributed by atoms with E-state index in [0.29, 0.717) is 11.3 Å². The summed E-state index contributed by atoms with van der Waals surface area (Å²) in [4.78, 5) is 12.6. The van der Waals surface area contributed by atoms with E-state index in [0.717, 1.165) is 23.6 Å². The van der Waals surface area contributed by atoms with Gasteiger partial charge in [0.05, 0.1) is 10.9 Å². The lowest BCUT2D eigenvalue weighted by Gasteiger charge is -2.26. The molecule has 0 spiro atoms. The van der Waals surface area contributed by atoms with Crippen molar-refractivity contribution in [2.75, 3.05) is 20.7 Å². The Labute approximate surface area is 166 Å². The molecule has 0 bridgehead atoms. The predicted octanol–water partition coefficient (Wildman–Crippen LogP) is 2.82. The van der Waals surface area contributed by atoms with Crippen LogP contribution in [-0.4, -0.2) is 39.3 Å². The molecule has 0 saturated heterocycles. The van der Waals surface area contributed by atoms with Crippen molar-refractivity contribution in [2.45, 2.75) is 37.1 Å². The molecule has 0 heterocycles. The maximum Gasteiger partial charge on any atom is 0.258 e. The Morgan fingerprint density at radius 3 is 2.68 bits per heavy atom. The van der Waals surface area contributed by atoms with Gasteiger partial charge in [0.15, 0.2) is 6.61 Å². The van der Waals surface area contributed by atoms with Gasteiger partial charge in [-0.15, -0.1) is 0 Å². The van der Waals surface area contributed by atoms with Crippen LogP contribution < -0.4 is 10.1 Å². The molecule has 6 nitrogen and oxygen atoms in total. The molecule has 1 atom stereocenters. The van der Waals surface area contributed by atoms with Crippen molar-refractivity contribution < 1.29 is 17.9 Å². The highest BCUT2D eigenvalue weighted by Gasteiger charge is 2.22. The molecule has 1 aliphatic carbocycles. The molecule has 0 aromatic heterocycles. The number of benzene rings is 2. The Balaban J connectivity index is 1.63. The fourth-order valence-corrected chi connectivity index (χ4v) is 4.43. The molecule has 28 heavy (non-hydrogen) atoms. The molecule has 0 unspecified atom stereocenters. The van der Waals surface area contributed by atoms with Crippen LogP contribution in [0.15, 0.2) is 47.4 Å². The van der Waals surface area contributed by atoms with E-state index in [1.165, 1.54) is 31.3 Å². The van der Waals surface area contributed by atoms with Crippen molar-refractivity contribution in [2.24, 2.45) is 0 Å². The topological polar surface area (TPSA) is 75.7 Å². The number of nitrogens with one attached hydrogen (secondary N) is 1. The van der Waals surface area contributed by atoms with Gasteiger partial charge in [-0.1, -0.05) is 24.3 Å². The molecule has 7 heteroatoms. The average Bonchev–Trinajstić information content (AvgIpc) is 2.67. The number of amides is 1. The lowest BCUT2D eigenvalue weighted by atomic mass is 9.88. The minimum absolute atomic E-state index is 0.00903. The summed E-state index contributed by atoms with van der Waals surface area (Å²) in [6.45, 7) is 1.65. The van der Waals surface area contributed by atoms with Crippen LogP contribution in [0.25, 0.3) is 0 Å². The van der Waals surface area contributed by atoms with Crippen LogP contribution in [0.2, 0.25) is 0 Å². The highest BCUT2D eigenvalue weighted by molar-refractivity contribution is 7.89. The van der Waals surface area contributed by atoms with E-state index in [9.17, 15) is 13.2 Å². The van der Waals surface area contributed by atoms with E-state index in [1.807, 2.05) is 12.1 Å². The van der Waals surface area contributed by atoms with E-state index in [4.69, 9.17) is 4.74 Å². The number of hydrogen-bond acceptors (Lipinski definition) is 4. The number of nitrogens with zero attached hydrogens (tertiary/aromatic N) is 1. The number of hydrogen-bond donors (Lipinski definition) is 1. The predicted molar refractivity (Wildman–Crippen MR) is 108 cm³/mol. The van der Waals surface area contributed by atoms with E-state index in [1.54, 1.807) is 19.1 Å². The van der Waals surface area contributed by atoms with Gasteiger partial charge in [0.2, 0.25) is 10.0 Å². The first-order chi connectivity index (χ1) is 13.3. The highest BCUT2D eigenvalue weighted by Crippen LogP contribution is 2.29. The number of sulfonamides is 1. The molecule has 3 rings (SSSR count). The van der Waals surface area contributed by atoms with Crippen LogP contribution in [0.3, 0.4) is 0 Å². The molecule has 0 aliphatic heterocycles. The van der Waals surface area contributed by atoms with Crippen molar-refractivity contribution in [3.05, 3.63) is 59.2 Å². The van der Waals surface area contributed by atoms with Gasteiger partial charge >= 0.3 is 0 Å². The quantitative estimate of drug-likeness (QED) is 0.806. The standard InChI is InChI=1S/C21H26N2O4S/c1-15-13-17(28(25,26)23(2)3)11-12-20(15)27-14-21(24)22-19-10-6-8-16-7-4-5-9-18(16)19/h4-5,7,9,11-13,19H,6,8,10,14H2,1-3H3,(H,22,24)/t19-/m0/s1. The van der Waals surface area contributed by atoms with Gasteiger partial charge in [0, 0.05) is 14.1 Å². The number of ether oxygens (including phenoxy) is 1. The van der Waals surface area contributed by atoms with Gasteiger partial charge in [-0.2, -0.15) is 0 Å². The van der Waals surface area contributed by atoms with Crippen molar-refractivity contribution in [1.29, 1.82) is 0 Å². The van der Waals surface area contributed by atoms with Crippen molar-refractivity contribution >= 4 is 15.9 Å². The molecule has 0 fully saturated rings. The average molecular weight is 403 g/mol. The van der Waals surface area contributed by atoms with E-state index < -0.39 is 10.0 Å². The van der Waals surface area contributed by atoms with Crippen LogP contribution in [0.1, 0.15) is 35.6 Å². The summed E-state index contributed by atoms with van der Waals surface area (Å²) in [5.74, 6) is 0.308. The number of aryl methyl sites for hydroxylation is 2.